The van der Waals surface area contributed by atoms with Crippen molar-refractivity contribution in [1.82, 2.24) is 0 Å². The predicted octanol–water partition coefficient (Wildman–Crippen LogP) is 1.48. The van der Waals surface area contributed by atoms with E-state index in [2.05, 4.69) is 0 Å². The lowest BCUT2D eigenvalue weighted by molar-refractivity contribution is -0.124. The Morgan fingerprint density at radius 1 is 1.00 bits per heavy atom. The van der Waals surface area contributed by atoms with Gasteiger partial charge >= 0.3 is 0 Å². The van der Waals surface area contributed by atoms with Crippen LogP contribution in [0, 0.1) is 11.8 Å². The van der Waals surface area contributed by atoms with Gasteiger partial charge in [-0.25, -0.2) is 0 Å². The van der Waals surface area contributed by atoms with Crippen molar-refractivity contribution in [2.75, 3.05) is 7.11 Å². The Morgan fingerprint density at radius 2 is 1.20 bits per heavy atom. The average Bonchev–Trinajstić information content (AvgIpc) is 1.90. The molecule has 0 rings (SSSR count). The summed E-state index contributed by atoms with van der Waals surface area (Å²) in [7, 11) is 1.00. The number of hydrogen-bond acceptors (Lipinski definition) is 2. The Labute approximate surface area is 63.3 Å². The Kier molecular flexibility index (Phi) is 8.31. The first-order chi connectivity index (χ1) is 4.55. The van der Waals surface area contributed by atoms with Gasteiger partial charge in [-0.15, -0.1) is 0 Å². The molecule has 0 atom stereocenters. The lowest BCUT2D eigenvalue weighted by Crippen LogP contribution is -2.13. The zero-order valence-corrected chi connectivity index (χ0v) is 7.51. The number of carbonyl (C=O) groups excluding carboxylic acids is 1. The number of aliphatic hydroxyl groups is 1. The van der Waals surface area contributed by atoms with Crippen LogP contribution in [0.2, 0.25) is 0 Å². The lowest BCUT2D eigenvalue weighted by Gasteiger charge is -2.05. The van der Waals surface area contributed by atoms with Crippen LogP contribution in [0.25, 0.3) is 0 Å². The van der Waals surface area contributed by atoms with Gasteiger partial charge in [-0.05, 0) is 0 Å². The molecule has 2 nitrogen and oxygen atoms in total. The van der Waals surface area contributed by atoms with Gasteiger partial charge in [0.05, 0.1) is 0 Å². The highest BCUT2D eigenvalue weighted by atomic mass is 16.2. The van der Waals surface area contributed by atoms with Crippen molar-refractivity contribution >= 4 is 5.78 Å². The molecule has 0 amide bonds. The molecule has 10 heavy (non-hydrogen) atoms. The number of aliphatic hydroxyl groups excluding tert-OH is 1. The molecule has 0 spiro atoms. The minimum absolute atomic E-state index is 0.204. The first kappa shape index (κ1) is 12.3. The quantitative estimate of drug-likeness (QED) is 0.640. The molecule has 0 saturated heterocycles. The smallest absolute Gasteiger partial charge is 0.137 e. The monoisotopic (exact) mass is 146 g/mol. The van der Waals surface area contributed by atoms with Crippen LogP contribution in [-0.2, 0) is 4.79 Å². The Balaban J connectivity index is 0. The Morgan fingerprint density at radius 3 is 1.20 bits per heavy atom. The fourth-order valence-electron chi connectivity index (χ4n) is 0.667. The van der Waals surface area contributed by atoms with Crippen molar-refractivity contribution < 1.29 is 9.90 Å². The molecule has 0 aromatic heterocycles. The molecule has 0 unspecified atom stereocenters. The van der Waals surface area contributed by atoms with Crippen LogP contribution in [0.15, 0.2) is 0 Å². The van der Waals surface area contributed by atoms with Crippen molar-refractivity contribution in [3.8, 4) is 0 Å². The highest BCUT2D eigenvalue weighted by Gasteiger charge is 2.09. The van der Waals surface area contributed by atoms with Crippen LogP contribution in [0.1, 0.15) is 27.7 Å². The molecule has 62 valence electrons. The molecular formula is C8H18O2. The van der Waals surface area contributed by atoms with Crippen molar-refractivity contribution in [3.63, 3.8) is 0 Å². The van der Waals surface area contributed by atoms with Gasteiger partial charge in [0.2, 0.25) is 0 Å². The first-order valence-corrected chi connectivity index (χ1v) is 3.54. The van der Waals surface area contributed by atoms with E-state index >= 15 is 0 Å². The second kappa shape index (κ2) is 6.75. The van der Waals surface area contributed by atoms with Crippen LogP contribution in [0.3, 0.4) is 0 Å². The molecular weight excluding hydrogens is 128 g/mol. The normalized spacial score (nSPS) is 9.20. The fourth-order valence-corrected chi connectivity index (χ4v) is 0.667. The van der Waals surface area contributed by atoms with Gasteiger partial charge in [0.15, 0.2) is 0 Å². The van der Waals surface area contributed by atoms with E-state index < -0.39 is 0 Å². The summed E-state index contributed by atoms with van der Waals surface area (Å²) in [6, 6.07) is 0. The van der Waals surface area contributed by atoms with Crippen molar-refractivity contribution in [2.24, 2.45) is 11.8 Å². The standard InChI is InChI=1S/C7H14O.CH4O/c1-5(2)7(8)6(3)4;1-2/h5-6H,1-4H3;2H,1H3. The van der Waals surface area contributed by atoms with Crippen LogP contribution in [0.4, 0.5) is 0 Å². The number of hydrogen-bond donors (Lipinski definition) is 1. The molecule has 0 aromatic rings. The topological polar surface area (TPSA) is 37.3 Å². The summed E-state index contributed by atoms with van der Waals surface area (Å²) >= 11 is 0. The van der Waals surface area contributed by atoms with E-state index in [1.165, 1.54) is 0 Å². The Bertz CT molecular complexity index is 75.3. The summed E-state index contributed by atoms with van der Waals surface area (Å²) in [6.45, 7) is 7.73. The van der Waals surface area contributed by atoms with E-state index in [1.54, 1.807) is 0 Å². The van der Waals surface area contributed by atoms with Gasteiger partial charge in [0.1, 0.15) is 5.78 Å². The second-order valence-electron chi connectivity index (χ2n) is 2.71. The van der Waals surface area contributed by atoms with Crippen molar-refractivity contribution in [1.29, 1.82) is 0 Å². The SMILES string of the molecule is CC(C)C(=O)C(C)C.CO. The summed E-state index contributed by atoms with van der Waals surface area (Å²) in [5.41, 5.74) is 0. The largest absolute Gasteiger partial charge is 0.400 e. The maximum Gasteiger partial charge on any atom is 0.137 e. The molecule has 0 fully saturated rings. The molecule has 0 aliphatic carbocycles. The van der Waals surface area contributed by atoms with Gasteiger partial charge in [-0.3, -0.25) is 4.79 Å². The molecule has 0 aliphatic heterocycles. The molecule has 0 aliphatic rings. The van der Waals surface area contributed by atoms with Crippen LogP contribution < -0.4 is 0 Å². The summed E-state index contributed by atoms with van der Waals surface area (Å²) < 4.78 is 0. The van der Waals surface area contributed by atoms with E-state index in [1.807, 2.05) is 27.7 Å². The summed E-state index contributed by atoms with van der Waals surface area (Å²) in [5.74, 6) is 0.759. The molecule has 0 saturated carbocycles. The van der Waals surface area contributed by atoms with E-state index in [0.717, 1.165) is 7.11 Å². The number of rotatable bonds is 2. The third-order valence-corrected chi connectivity index (χ3v) is 1.14. The fraction of sp³-hybridized carbons (Fsp3) is 0.875. The maximum atomic E-state index is 10.8. The lowest BCUT2D eigenvalue weighted by atomic mass is 9.99. The minimum atomic E-state index is 0.204. The van der Waals surface area contributed by atoms with Gasteiger partial charge < -0.3 is 5.11 Å². The Hall–Kier alpha value is -0.370. The van der Waals surface area contributed by atoms with Crippen molar-refractivity contribution in [2.45, 2.75) is 27.7 Å². The molecule has 0 heterocycles. The molecule has 2 heteroatoms. The molecule has 0 radical (unpaired) electrons. The first-order valence-electron chi connectivity index (χ1n) is 3.54. The third-order valence-electron chi connectivity index (χ3n) is 1.14. The number of Topliss-reactive ketones (excluding diaryl/α,β-unsaturated/α-hetero) is 1. The zero-order valence-electron chi connectivity index (χ0n) is 7.51. The molecule has 0 bridgehead atoms. The highest BCUT2D eigenvalue weighted by molar-refractivity contribution is 5.81. The van der Waals surface area contributed by atoms with Gasteiger partial charge in [0, 0.05) is 18.9 Å². The summed E-state index contributed by atoms with van der Waals surface area (Å²) in [5, 5.41) is 7.00. The van der Waals surface area contributed by atoms with Gasteiger partial charge in [-0.1, -0.05) is 27.7 Å². The van der Waals surface area contributed by atoms with E-state index in [4.69, 9.17) is 5.11 Å². The van der Waals surface area contributed by atoms with Crippen molar-refractivity contribution in [3.05, 3.63) is 0 Å². The van der Waals surface area contributed by atoms with Gasteiger partial charge in [0.25, 0.3) is 0 Å². The average molecular weight is 146 g/mol. The van der Waals surface area contributed by atoms with E-state index in [0.29, 0.717) is 5.78 Å². The predicted molar refractivity (Wildman–Crippen MR) is 42.8 cm³/mol. The van der Waals surface area contributed by atoms with Gasteiger partial charge in [-0.2, -0.15) is 0 Å². The van der Waals surface area contributed by atoms with Crippen LogP contribution in [0.5, 0.6) is 0 Å². The number of ketones is 1. The molecule has 1 N–H and O–H groups in total. The van der Waals surface area contributed by atoms with E-state index in [9.17, 15) is 4.79 Å². The third kappa shape index (κ3) is 5.76. The van der Waals surface area contributed by atoms with Crippen LogP contribution in [-0.4, -0.2) is 18.0 Å². The number of carbonyl (C=O) groups is 1. The van der Waals surface area contributed by atoms with Crippen LogP contribution >= 0.6 is 0 Å². The zero-order chi connectivity index (χ0) is 8.73. The minimum Gasteiger partial charge on any atom is -0.400 e. The summed E-state index contributed by atoms with van der Waals surface area (Å²) in [4.78, 5) is 10.8. The maximum absolute atomic E-state index is 10.8. The highest BCUT2D eigenvalue weighted by Crippen LogP contribution is 2.03. The summed E-state index contributed by atoms with van der Waals surface area (Å²) in [6.07, 6.45) is 0. The second-order valence-corrected chi connectivity index (χ2v) is 2.71. The molecule has 0 aromatic carbocycles. The van der Waals surface area contributed by atoms with E-state index in [-0.39, 0.29) is 11.8 Å².